The van der Waals surface area contributed by atoms with Gasteiger partial charge in [-0.05, 0) is 36.4 Å². The fraction of sp³-hybridized carbons (Fsp3) is 0.200. The van der Waals surface area contributed by atoms with Crippen LogP contribution < -0.4 is 11.1 Å². The van der Waals surface area contributed by atoms with Crippen LogP contribution in [0.3, 0.4) is 0 Å². The number of halogens is 1. The minimum Gasteiger partial charge on any atom is -0.454 e. The highest BCUT2D eigenvalue weighted by atomic mass is 19.1. The molecular formula is C20H18FN3O6. The summed E-state index contributed by atoms with van der Waals surface area (Å²) in [7, 11) is 1.37. The van der Waals surface area contributed by atoms with Gasteiger partial charge in [-0.3, -0.25) is 19.0 Å². The van der Waals surface area contributed by atoms with Gasteiger partial charge in [-0.25, -0.2) is 9.18 Å². The maximum Gasteiger partial charge on any atom is 0.420 e. The van der Waals surface area contributed by atoms with E-state index in [1.807, 2.05) is 0 Å². The molecule has 1 aromatic heterocycles. The predicted molar refractivity (Wildman–Crippen MR) is 104 cm³/mol. The second-order valence-electron chi connectivity index (χ2n) is 6.39. The van der Waals surface area contributed by atoms with Gasteiger partial charge >= 0.3 is 11.7 Å². The van der Waals surface area contributed by atoms with E-state index in [9.17, 15) is 23.6 Å². The predicted octanol–water partition coefficient (Wildman–Crippen LogP) is 1.37. The number of likely N-dealkylation sites (N-methyl/N-ethyl adjacent to an activating group) is 1. The number of hydrogen-bond acceptors (Lipinski definition) is 6. The zero-order valence-electron chi connectivity index (χ0n) is 16.0. The number of carbonyl (C=O) groups excluding carboxylic acids is 3. The Balaban J connectivity index is 1.48. The molecule has 0 spiro atoms. The molecule has 1 N–H and O–H groups in total. The number of benzene rings is 2. The van der Waals surface area contributed by atoms with Crippen molar-refractivity contribution in [2.24, 2.45) is 0 Å². The number of oxazole rings is 1. The van der Waals surface area contributed by atoms with Crippen molar-refractivity contribution in [1.82, 2.24) is 9.47 Å². The van der Waals surface area contributed by atoms with Crippen molar-refractivity contribution in [3.8, 4) is 0 Å². The molecule has 0 saturated heterocycles. The Hall–Kier alpha value is -3.95. The molecule has 1 heterocycles. The third kappa shape index (κ3) is 5.10. The van der Waals surface area contributed by atoms with Gasteiger partial charge in [-0.15, -0.1) is 0 Å². The highest BCUT2D eigenvalue weighted by Crippen LogP contribution is 2.11. The lowest BCUT2D eigenvalue weighted by atomic mass is 10.3. The molecule has 9 nitrogen and oxygen atoms in total. The number of para-hydroxylation sites is 2. The van der Waals surface area contributed by atoms with Crippen molar-refractivity contribution in [2.75, 3.05) is 25.5 Å². The van der Waals surface area contributed by atoms with E-state index in [1.54, 1.807) is 24.3 Å². The maximum absolute atomic E-state index is 12.9. The fourth-order valence-corrected chi connectivity index (χ4v) is 2.63. The van der Waals surface area contributed by atoms with E-state index in [2.05, 4.69) is 5.32 Å². The lowest BCUT2D eigenvalue weighted by Gasteiger charge is -2.16. The molecule has 156 valence electrons. The van der Waals surface area contributed by atoms with Gasteiger partial charge in [0, 0.05) is 12.7 Å². The van der Waals surface area contributed by atoms with Crippen LogP contribution in [0.15, 0.2) is 57.7 Å². The number of carbonyl (C=O) groups is 3. The Kier molecular flexibility index (Phi) is 6.26. The summed E-state index contributed by atoms with van der Waals surface area (Å²) in [6.45, 7) is -1.30. The largest absolute Gasteiger partial charge is 0.454 e. The number of nitrogens with one attached hydrogen (secondary N) is 1. The number of fused-ring (bicyclic) bond motifs is 1. The number of anilines is 1. The summed E-state index contributed by atoms with van der Waals surface area (Å²) in [5.41, 5.74) is 1.14. The molecule has 0 fully saturated rings. The first-order chi connectivity index (χ1) is 14.3. The summed E-state index contributed by atoms with van der Waals surface area (Å²) in [6, 6.07) is 11.7. The smallest absolute Gasteiger partial charge is 0.420 e. The van der Waals surface area contributed by atoms with Crippen LogP contribution in [0.25, 0.3) is 11.1 Å². The van der Waals surface area contributed by atoms with E-state index in [-0.39, 0.29) is 6.54 Å². The van der Waals surface area contributed by atoms with Crippen molar-refractivity contribution in [3.05, 3.63) is 64.9 Å². The third-order valence-electron chi connectivity index (χ3n) is 4.15. The van der Waals surface area contributed by atoms with Crippen molar-refractivity contribution >= 4 is 34.6 Å². The molecule has 0 radical (unpaired) electrons. The van der Waals surface area contributed by atoms with Crippen LogP contribution in [-0.4, -0.2) is 47.4 Å². The van der Waals surface area contributed by atoms with Crippen LogP contribution in [0, 0.1) is 5.82 Å². The van der Waals surface area contributed by atoms with Crippen LogP contribution >= 0.6 is 0 Å². The molecule has 3 rings (SSSR count). The van der Waals surface area contributed by atoms with Crippen molar-refractivity contribution in [1.29, 1.82) is 0 Å². The second kappa shape index (κ2) is 9.03. The lowest BCUT2D eigenvalue weighted by molar-refractivity contribution is -0.152. The standard InChI is InChI=1S/C20H18FN3O6/c1-23(10-17(25)22-14-8-6-13(21)7-9-14)18(26)12-29-19(27)11-24-15-4-2-3-5-16(15)30-20(24)28/h2-9H,10-12H2,1H3,(H,22,25). The van der Waals surface area contributed by atoms with E-state index < -0.39 is 42.5 Å². The number of hydrogen-bond donors (Lipinski definition) is 1. The summed E-state index contributed by atoms with van der Waals surface area (Å²) in [4.78, 5) is 49.0. The number of amides is 2. The van der Waals surface area contributed by atoms with Crippen LogP contribution in [0.2, 0.25) is 0 Å². The monoisotopic (exact) mass is 415 g/mol. The summed E-state index contributed by atoms with van der Waals surface area (Å²) in [6.07, 6.45) is 0. The molecule has 0 bridgehead atoms. The first-order valence-electron chi connectivity index (χ1n) is 8.87. The Morgan fingerprint density at radius 1 is 1.13 bits per heavy atom. The SMILES string of the molecule is CN(CC(=O)Nc1ccc(F)cc1)C(=O)COC(=O)Cn1c(=O)oc2ccccc21. The lowest BCUT2D eigenvalue weighted by Crippen LogP contribution is -2.37. The molecule has 10 heteroatoms. The summed E-state index contributed by atoms with van der Waals surface area (Å²) >= 11 is 0. The molecular weight excluding hydrogens is 397 g/mol. The van der Waals surface area contributed by atoms with Gasteiger partial charge < -0.3 is 19.4 Å². The normalized spacial score (nSPS) is 10.6. The highest BCUT2D eigenvalue weighted by Gasteiger charge is 2.17. The van der Waals surface area contributed by atoms with Crippen LogP contribution in [0.4, 0.5) is 10.1 Å². The summed E-state index contributed by atoms with van der Waals surface area (Å²) < 4.78 is 23.9. The first kappa shape index (κ1) is 20.8. The molecule has 0 aliphatic heterocycles. The number of rotatable bonds is 7. The molecule has 0 saturated carbocycles. The Morgan fingerprint density at radius 3 is 2.57 bits per heavy atom. The molecule has 2 amide bonds. The zero-order chi connectivity index (χ0) is 21.7. The quantitative estimate of drug-likeness (QED) is 0.584. The van der Waals surface area contributed by atoms with Crippen molar-refractivity contribution < 1.29 is 27.9 Å². The molecule has 3 aromatic rings. The Morgan fingerprint density at radius 2 is 1.83 bits per heavy atom. The zero-order valence-corrected chi connectivity index (χ0v) is 16.0. The molecule has 0 aliphatic rings. The number of esters is 1. The van der Waals surface area contributed by atoms with Gasteiger partial charge in [-0.2, -0.15) is 0 Å². The molecule has 0 atom stereocenters. The minimum absolute atomic E-state index is 0.292. The van der Waals surface area contributed by atoms with E-state index >= 15 is 0 Å². The topological polar surface area (TPSA) is 111 Å². The minimum atomic E-state index is -0.804. The van der Waals surface area contributed by atoms with Crippen LogP contribution in [-0.2, 0) is 25.7 Å². The average molecular weight is 415 g/mol. The second-order valence-corrected chi connectivity index (χ2v) is 6.39. The van der Waals surface area contributed by atoms with Crippen molar-refractivity contribution in [3.63, 3.8) is 0 Å². The van der Waals surface area contributed by atoms with E-state index in [4.69, 9.17) is 9.15 Å². The summed E-state index contributed by atoms with van der Waals surface area (Å²) in [5.74, 6) is -3.06. The van der Waals surface area contributed by atoms with Gasteiger partial charge in [0.15, 0.2) is 12.2 Å². The van der Waals surface area contributed by atoms with E-state index in [0.29, 0.717) is 16.8 Å². The average Bonchev–Trinajstić information content (AvgIpc) is 3.03. The number of nitrogens with zero attached hydrogens (tertiary/aromatic N) is 2. The van der Waals surface area contributed by atoms with Crippen LogP contribution in [0.5, 0.6) is 0 Å². The van der Waals surface area contributed by atoms with Crippen LogP contribution in [0.1, 0.15) is 0 Å². The van der Waals surface area contributed by atoms with Gasteiger partial charge in [-0.1, -0.05) is 12.1 Å². The van der Waals surface area contributed by atoms with Gasteiger partial charge in [0.05, 0.1) is 12.1 Å². The number of aromatic nitrogens is 1. The third-order valence-corrected chi connectivity index (χ3v) is 4.15. The van der Waals surface area contributed by atoms with E-state index in [1.165, 1.54) is 31.3 Å². The van der Waals surface area contributed by atoms with Gasteiger partial charge in [0.2, 0.25) is 5.91 Å². The molecule has 30 heavy (non-hydrogen) atoms. The number of ether oxygens (including phenoxy) is 1. The van der Waals surface area contributed by atoms with Gasteiger partial charge in [0.1, 0.15) is 12.4 Å². The fourth-order valence-electron chi connectivity index (χ4n) is 2.63. The van der Waals surface area contributed by atoms with Gasteiger partial charge in [0.25, 0.3) is 5.91 Å². The molecule has 0 unspecified atom stereocenters. The highest BCUT2D eigenvalue weighted by molar-refractivity contribution is 5.94. The molecule has 2 aromatic carbocycles. The Bertz CT molecular complexity index is 1140. The molecule has 0 aliphatic carbocycles. The van der Waals surface area contributed by atoms with E-state index in [0.717, 1.165) is 9.47 Å². The Labute approximate surface area is 169 Å². The summed E-state index contributed by atoms with van der Waals surface area (Å²) in [5, 5.41) is 2.52. The van der Waals surface area contributed by atoms with Crippen molar-refractivity contribution in [2.45, 2.75) is 6.54 Å². The first-order valence-corrected chi connectivity index (χ1v) is 8.87. The maximum atomic E-state index is 12.9.